The van der Waals surface area contributed by atoms with Crippen molar-refractivity contribution < 1.29 is 22.0 Å². The molecule has 3 rings (SSSR count). The standard InChI is InChI=1S/C18H17N3O5S3/c1-13-7-9-14(10-8-13)19-18(20-22)21-29(25,26)17-11-16(12-27-17)28(23,24)15-5-3-2-4-6-15/h2-12,22H,1H3,(H2,19,20,21). The maximum atomic E-state index is 12.6. The Labute approximate surface area is 172 Å². The molecule has 3 N–H and O–H groups in total. The van der Waals surface area contributed by atoms with E-state index in [1.807, 2.05) is 6.92 Å². The fraction of sp³-hybridized carbons (Fsp3) is 0.0556. The van der Waals surface area contributed by atoms with Crippen LogP contribution in [0.4, 0.5) is 5.69 Å². The Morgan fingerprint density at radius 2 is 1.62 bits per heavy atom. The van der Waals surface area contributed by atoms with Gasteiger partial charge in [0, 0.05) is 11.1 Å². The summed E-state index contributed by atoms with van der Waals surface area (Å²) in [5.41, 5.74) is 3.21. The summed E-state index contributed by atoms with van der Waals surface area (Å²) >= 11 is 0.727. The van der Waals surface area contributed by atoms with Gasteiger partial charge in [0.05, 0.1) is 9.79 Å². The number of sulfone groups is 1. The molecule has 1 aromatic heterocycles. The molecule has 1 heterocycles. The van der Waals surface area contributed by atoms with E-state index >= 15 is 0 Å². The van der Waals surface area contributed by atoms with Crippen LogP contribution in [-0.4, -0.2) is 28.0 Å². The molecule has 0 fully saturated rings. The van der Waals surface area contributed by atoms with Crippen molar-refractivity contribution >= 4 is 42.8 Å². The minimum atomic E-state index is -4.26. The van der Waals surface area contributed by atoms with Gasteiger partial charge in [0.25, 0.3) is 10.0 Å². The molecule has 0 saturated heterocycles. The van der Waals surface area contributed by atoms with E-state index in [1.165, 1.54) is 17.5 Å². The number of guanidine groups is 1. The number of aryl methyl sites for hydroxylation is 1. The quantitative estimate of drug-likeness (QED) is 0.309. The third-order valence-corrected chi connectivity index (χ3v) is 8.39. The average molecular weight is 452 g/mol. The highest BCUT2D eigenvalue weighted by Crippen LogP contribution is 2.29. The summed E-state index contributed by atoms with van der Waals surface area (Å²) in [5.74, 6) is -0.422. The SMILES string of the molecule is Cc1ccc(NC(=NS(=O)(=O)c2cc(S(=O)(=O)c3ccccc3)cs2)NO)cc1. The van der Waals surface area contributed by atoms with Crippen LogP contribution in [0.1, 0.15) is 5.56 Å². The Kier molecular flexibility index (Phi) is 6.03. The Morgan fingerprint density at radius 1 is 0.966 bits per heavy atom. The molecule has 0 spiro atoms. The maximum absolute atomic E-state index is 12.6. The summed E-state index contributed by atoms with van der Waals surface area (Å²) in [7, 11) is -8.11. The van der Waals surface area contributed by atoms with E-state index in [9.17, 15) is 22.0 Å². The lowest BCUT2D eigenvalue weighted by atomic mass is 10.2. The molecular weight excluding hydrogens is 434 g/mol. The average Bonchev–Trinajstić information content (AvgIpc) is 3.22. The first kappa shape index (κ1) is 21.0. The van der Waals surface area contributed by atoms with Crippen molar-refractivity contribution in [1.29, 1.82) is 0 Å². The number of hydrogen-bond acceptors (Lipinski definition) is 6. The number of sulfonamides is 1. The predicted octanol–water partition coefficient (Wildman–Crippen LogP) is 3.02. The second-order valence-electron chi connectivity index (χ2n) is 5.94. The van der Waals surface area contributed by atoms with Crippen molar-refractivity contribution in [3.63, 3.8) is 0 Å². The number of nitrogens with zero attached hydrogens (tertiary/aromatic N) is 1. The van der Waals surface area contributed by atoms with E-state index in [-0.39, 0.29) is 14.0 Å². The van der Waals surface area contributed by atoms with Crippen LogP contribution in [0.5, 0.6) is 0 Å². The molecule has 3 aromatic rings. The zero-order chi connectivity index (χ0) is 21.1. The van der Waals surface area contributed by atoms with Crippen molar-refractivity contribution in [3.05, 3.63) is 71.6 Å². The van der Waals surface area contributed by atoms with Gasteiger partial charge < -0.3 is 5.32 Å². The number of hydroxylamine groups is 1. The molecule has 0 unspecified atom stereocenters. The van der Waals surface area contributed by atoms with E-state index in [4.69, 9.17) is 0 Å². The number of thiophene rings is 1. The Balaban J connectivity index is 1.89. The largest absolute Gasteiger partial charge is 0.324 e. The van der Waals surface area contributed by atoms with Gasteiger partial charge in [0.15, 0.2) is 0 Å². The van der Waals surface area contributed by atoms with Crippen molar-refractivity contribution in [3.8, 4) is 0 Å². The summed E-state index contributed by atoms with van der Waals surface area (Å²) < 4.78 is 53.6. The normalized spacial score (nSPS) is 12.6. The van der Waals surface area contributed by atoms with Crippen molar-refractivity contribution in [2.24, 2.45) is 4.40 Å². The summed E-state index contributed by atoms with van der Waals surface area (Å²) in [5, 5.41) is 13.1. The Bertz CT molecular complexity index is 1230. The molecule has 0 amide bonds. The molecule has 11 heteroatoms. The molecule has 0 aliphatic carbocycles. The fourth-order valence-electron chi connectivity index (χ4n) is 2.32. The number of hydrogen-bond donors (Lipinski definition) is 3. The lowest BCUT2D eigenvalue weighted by Gasteiger charge is -2.08. The fourth-order valence-corrected chi connectivity index (χ4v) is 6.11. The number of nitrogens with one attached hydrogen (secondary N) is 2. The monoisotopic (exact) mass is 451 g/mol. The third kappa shape index (κ3) is 4.82. The van der Waals surface area contributed by atoms with Crippen LogP contribution in [-0.2, 0) is 19.9 Å². The molecule has 29 heavy (non-hydrogen) atoms. The van der Waals surface area contributed by atoms with Crippen LogP contribution in [0.25, 0.3) is 0 Å². The first-order chi connectivity index (χ1) is 13.7. The van der Waals surface area contributed by atoms with Crippen LogP contribution in [0.15, 0.2) is 84.4 Å². The molecule has 2 aromatic carbocycles. The van der Waals surface area contributed by atoms with E-state index in [1.54, 1.807) is 47.9 Å². The van der Waals surface area contributed by atoms with Gasteiger partial charge in [-0.3, -0.25) is 5.21 Å². The predicted molar refractivity (Wildman–Crippen MR) is 111 cm³/mol. The lowest BCUT2D eigenvalue weighted by molar-refractivity contribution is 0.234. The van der Waals surface area contributed by atoms with Gasteiger partial charge in [-0.25, -0.2) is 13.9 Å². The highest BCUT2D eigenvalue weighted by molar-refractivity contribution is 7.93. The summed E-state index contributed by atoms with van der Waals surface area (Å²) in [4.78, 5) is -0.0866. The van der Waals surface area contributed by atoms with E-state index in [0.717, 1.165) is 23.0 Å². The third-order valence-electron chi connectivity index (χ3n) is 3.80. The first-order valence-corrected chi connectivity index (χ1v) is 12.0. The van der Waals surface area contributed by atoms with E-state index < -0.39 is 25.8 Å². The Morgan fingerprint density at radius 3 is 2.24 bits per heavy atom. The minimum Gasteiger partial charge on any atom is -0.324 e. The summed E-state index contributed by atoms with van der Waals surface area (Å²) in [6.45, 7) is 1.89. The smallest absolute Gasteiger partial charge is 0.295 e. The van der Waals surface area contributed by atoms with Crippen molar-refractivity contribution in [1.82, 2.24) is 5.48 Å². The van der Waals surface area contributed by atoms with Crippen molar-refractivity contribution in [2.75, 3.05) is 5.32 Å². The zero-order valence-electron chi connectivity index (χ0n) is 15.1. The van der Waals surface area contributed by atoms with Crippen LogP contribution in [0.2, 0.25) is 0 Å². The second kappa shape index (κ2) is 8.33. The van der Waals surface area contributed by atoms with Crippen molar-refractivity contribution in [2.45, 2.75) is 20.9 Å². The molecule has 0 bridgehead atoms. The van der Waals surface area contributed by atoms with Gasteiger partial charge >= 0.3 is 0 Å². The number of anilines is 1. The number of benzene rings is 2. The maximum Gasteiger partial charge on any atom is 0.295 e. The van der Waals surface area contributed by atoms with Gasteiger partial charge in [0.2, 0.25) is 15.8 Å². The lowest BCUT2D eigenvalue weighted by Crippen LogP contribution is -2.28. The highest BCUT2D eigenvalue weighted by Gasteiger charge is 2.24. The molecule has 8 nitrogen and oxygen atoms in total. The Hall–Kier alpha value is -2.73. The van der Waals surface area contributed by atoms with Gasteiger partial charge in [0.1, 0.15) is 4.21 Å². The van der Waals surface area contributed by atoms with E-state index in [2.05, 4.69) is 9.71 Å². The summed E-state index contributed by atoms with van der Waals surface area (Å²) in [6, 6.07) is 15.7. The highest BCUT2D eigenvalue weighted by atomic mass is 32.2. The molecule has 0 atom stereocenters. The minimum absolute atomic E-state index is 0.0593. The van der Waals surface area contributed by atoms with Crippen LogP contribution in [0, 0.1) is 6.92 Å². The molecule has 152 valence electrons. The van der Waals surface area contributed by atoms with Gasteiger partial charge in [-0.15, -0.1) is 15.7 Å². The summed E-state index contributed by atoms with van der Waals surface area (Å²) in [6.07, 6.45) is 0. The number of rotatable bonds is 5. The van der Waals surface area contributed by atoms with Crippen LogP contribution >= 0.6 is 11.3 Å². The van der Waals surface area contributed by atoms with Gasteiger partial charge in [-0.1, -0.05) is 35.9 Å². The molecular formula is C18H17N3O5S3. The molecule has 0 aliphatic heterocycles. The zero-order valence-corrected chi connectivity index (χ0v) is 17.6. The first-order valence-electron chi connectivity index (χ1n) is 8.20. The van der Waals surface area contributed by atoms with Crippen LogP contribution in [0.3, 0.4) is 0 Å². The van der Waals surface area contributed by atoms with Crippen LogP contribution < -0.4 is 10.8 Å². The molecule has 0 radical (unpaired) electrons. The van der Waals surface area contributed by atoms with Gasteiger partial charge in [-0.05, 0) is 37.3 Å². The molecule has 0 aliphatic rings. The van der Waals surface area contributed by atoms with E-state index in [0.29, 0.717) is 5.69 Å². The van der Waals surface area contributed by atoms with Gasteiger partial charge in [-0.2, -0.15) is 8.42 Å². The second-order valence-corrected chi connectivity index (χ2v) is 10.6. The topological polar surface area (TPSA) is 125 Å². The molecule has 0 saturated carbocycles.